The summed E-state index contributed by atoms with van der Waals surface area (Å²) in [5, 5.41) is 13.9. The fourth-order valence-corrected chi connectivity index (χ4v) is 4.96. The first-order valence-electron chi connectivity index (χ1n) is 9.01. The Morgan fingerprint density at radius 3 is 2.62 bits per heavy atom. The van der Waals surface area contributed by atoms with E-state index in [1.54, 1.807) is 24.3 Å². The van der Waals surface area contributed by atoms with Crippen LogP contribution < -0.4 is 10.1 Å². The minimum atomic E-state index is -4.08. The van der Waals surface area contributed by atoms with Crippen LogP contribution in [0.2, 0.25) is 0 Å². The average Bonchev–Trinajstić information content (AvgIpc) is 2.74. The molecule has 1 heterocycles. The fourth-order valence-electron chi connectivity index (χ4n) is 3.26. The number of ether oxygens (including phenoxy) is 1. The van der Waals surface area contributed by atoms with Crippen LogP contribution in [0.1, 0.15) is 12.8 Å². The number of nitro benzene ring substituents is 1. The second-order valence-corrected chi connectivity index (χ2v) is 8.56. The fraction of sp³-hybridized carbons (Fsp3) is 0.316. The molecule has 1 amide bonds. The van der Waals surface area contributed by atoms with E-state index in [1.807, 2.05) is 6.07 Å². The highest BCUT2D eigenvalue weighted by Crippen LogP contribution is 2.32. The molecule has 3 rings (SSSR count). The zero-order chi connectivity index (χ0) is 21.0. The Kier molecular flexibility index (Phi) is 6.14. The summed E-state index contributed by atoms with van der Waals surface area (Å²) < 4.78 is 32.6. The highest BCUT2D eigenvalue weighted by atomic mass is 32.2. The molecule has 2 aromatic rings. The summed E-state index contributed by atoms with van der Waals surface area (Å²) in [5.74, 6) is -0.767. The van der Waals surface area contributed by atoms with E-state index in [-0.39, 0.29) is 35.3 Å². The van der Waals surface area contributed by atoms with Crippen molar-refractivity contribution in [1.82, 2.24) is 4.31 Å². The number of nitrogens with zero attached hydrogens (tertiary/aromatic N) is 2. The lowest BCUT2D eigenvalue weighted by atomic mass is 9.99. The van der Waals surface area contributed by atoms with Crippen molar-refractivity contribution < 1.29 is 22.9 Å². The molecule has 1 unspecified atom stereocenters. The molecule has 0 spiro atoms. The van der Waals surface area contributed by atoms with Crippen molar-refractivity contribution in [1.29, 1.82) is 0 Å². The minimum absolute atomic E-state index is 0.00710. The second kappa shape index (κ2) is 8.58. The largest absolute Gasteiger partial charge is 0.495 e. The zero-order valence-electron chi connectivity index (χ0n) is 15.8. The predicted octanol–water partition coefficient (Wildman–Crippen LogP) is 2.64. The standard InChI is InChI=1S/C19H21N3O6S/c1-28-17-10-9-16(22(24)25)12-18(17)29(26,27)21-11-5-6-14(13-21)19(23)20-15-7-3-2-4-8-15/h2-4,7-10,12,14H,5-6,11,13H2,1H3,(H,20,23). The highest BCUT2D eigenvalue weighted by molar-refractivity contribution is 7.89. The number of para-hydroxylation sites is 1. The maximum atomic E-state index is 13.2. The Morgan fingerprint density at radius 1 is 1.24 bits per heavy atom. The SMILES string of the molecule is COc1ccc([N+](=O)[O-])cc1S(=O)(=O)N1CCCC(C(=O)Nc2ccccc2)C1. The van der Waals surface area contributed by atoms with E-state index < -0.39 is 20.9 Å². The molecular weight excluding hydrogens is 398 g/mol. The van der Waals surface area contributed by atoms with Gasteiger partial charge in [0, 0.05) is 30.9 Å². The van der Waals surface area contributed by atoms with Gasteiger partial charge in [-0.3, -0.25) is 14.9 Å². The first-order chi connectivity index (χ1) is 13.8. The molecule has 1 aliphatic heterocycles. The summed E-state index contributed by atoms with van der Waals surface area (Å²) in [5.41, 5.74) is 0.289. The number of sulfonamides is 1. The first kappa shape index (κ1) is 20.7. The number of piperidine rings is 1. The summed E-state index contributed by atoms with van der Waals surface area (Å²) in [6.07, 6.45) is 1.06. The van der Waals surface area contributed by atoms with Crippen molar-refractivity contribution in [2.75, 3.05) is 25.5 Å². The summed E-state index contributed by atoms with van der Waals surface area (Å²) >= 11 is 0. The van der Waals surface area contributed by atoms with Crippen molar-refractivity contribution in [3.63, 3.8) is 0 Å². The molecule has 1 saturated heterocycles. The molecule has 154 valence electrons. The van der Waals surface area contributed by atoms with Gasteiger partial charge in [0.1, 0.15) is 10.6 Å². The number of benzene rings is 2. The molecule has 0 aliphatic carbocycles. The van der Waals surface area contributed by atoms with Gasteiger partial charge >= 0.3 is 0 Å². The quantitative estimate of drug-likeness (QED) is 0.568. The molecule has 29 heavy (non-hydrogen) atoms. The molecule has 1 aliphatic rings. The number of carbonyl (C=O) groups excluding carboxylic acids is 1. The molecule has 0 saturated carbocycles. The Bertz CT molecular complexity index is 1010. The van der Waals surface area contributed by atoms with E-state index in [2.05, 4.69) is 5.32 Å². The van der Waals surface area contributed by atoms with E-state index >= 15 is 0 Å². The predicted molar refractivity (Wildman–Crippen MR) is 106 cm³/mol. The van der Waals surface area contributed by atoms with Crippen molar-refractivity contribution in [2.45, 2.75) is 17.7 Å². The topological polar surface area (TPSA) is 119 Å². The van der Waals surface area contributed by atoms with Crippen LogP contribution in [0.3, 0.4) is 0 Å². The zero-order valence-corrected chi connectivity index (χ0v) is 16.6. The number of nitrogens with one attached hydrogen (secondary N) is 1. The number of hydrogen-bond donors (Lipinski definition) is 1. The van der Waals surface area contributed by atoms with Gasteiger partial charge in [-0.05, 0) is 31.0 Å². The number of amides is 1. The van der Waals surface area contributed by atoms with Crippen LogP contribution in [0.5, 0.6) is 5.75 Å². The van der Waals surface area contributed by atoms with Gasteiger partial charge in [-0.2, -0.15) is 4.31 Å². The summed E-state index contributed by atoms with van der Waals surface area (Å²) in [6, 6.07) is 12.4. The Balaban J connectivity index is 1.83. The van der Waals surface area contributed by atoms with Crippen LogP contribution in [0.4, 0.5) is 11.4 Å². The van der Waals surface area contributed by atoms with Crippen molar-refractivity contribution >= 4 is 27.3 Å². The average molecular weight is 419 g/mol. The van der Waals surface area contributed by atoms with Gasteiger partial charge in [0.05, 0.1) is 18.0 Å². The number of methoxy groups -OCH3 is 1. The van der Waals surface area contributed by atoms with Gasteiger partial charge in [-0.1, -0.05) is 18.2 Å². The third kappa shape index (κ3) is 4.54. The van der Waals surface area contributed by atoms with Gasteiger partial charge < -0.3 is 10.1 Å². The number of nitro groups is 1. The molecule has 10 heteroatoms. The lowest BCUT2D eigenvalue weighted by molar-refractivity contribution is -0.385. The second-order valence-electron chi connectivity index (χ2n) is 6.65. The Labute approximate surface area is 168 Å². The number of non-ortho nitro benzene ring substituents is 1. The van der Waals surface area contributed by atoms with Gasteiger partial charge in [-0.15, -0.1) is 0 Å². The third-order valence-electron chi connectivity index (χ3n) is 4.77. The molecule has 2 aromatic carbocycles. The van der Waals surface area contributed by atoms with Crippen molar-refractivity contribution in [2.24, 2.45) is 5.92 Å². The molecule has 1 fully saturated rings. The number of carbonyl (C=O) groups is 1. The minimum Gasteiger partial charge on any atom is -0.495 e. The molecule has 1 atom stereocenters. The summed E-state index contributed by atoms with van der Waals surface area (Å²) in [6.45, 7) is 0.218. The van der Waals surface area contributed by atoms with Crippen LogP contribution >= 0.6 is 0 Å². The van der Waals surface area contributed by atoms with Crippen LogP contribution in [0.25, 0.3) is 0 Å². The van der Waals surface area contributed by atoms with Crippen molar-refractivity contribution in [3.05, 3.63) is 58.6 Å². The lowest BCUT2D eigenvalue weighted by Gasteiger charge is -2.31. The summed E-state index contributed by atoms with van der Waals surface area (Å²) in [7, 11) is -2.78. The number of anilines is 1. The van der Waals surface area contributed by atoms with Crippen LogP contribution in [0, 0.1) is 16.0 Å². The van der Waals surface area contributed by atoms with E-state index in [4.69, 9.17) is 4.74 Å². The number of rotatable bonds is 6. The Hall–Kier alpha value is -2.98. The smallest absolute Gasteiger partial charge is 0.271 e. The van der Waals surface area contributed by atoms with Crippen LogP contribution in [-0.4, -0.2) is 43.8 Å². The van der Waals surface area contributed by atoms with E-state index in [0.29, 0.717) is 18.5 Å². The van der Waals surface area contributed by atoms with Crippen LogP contribution in [0.15, 0.2) is 53.4 Å². The maximum Gasteiger partial charge on any atom is 0.271 e. The van der Waals surface area contributed by atoms with Crippen molar-refractivity contribution in [3.8, 4) is 5.75 Å². The molecule has 0 bridgehead atoms. The highest BCUT2D eigenvalue weighted by Gasteiger charge is 2.35. The molecule has 9 nitrogen and oxygen atoms in total. The molecule has 0 radical (unpaired) electrons. The van der Waals surface area contributed by atoms with Gasteiger partial charge in [0.2, 0.25) is 15.9 Å². The third-order valence-corrected chi connectivity index (χ3v) is 6.66. The summed E-state index contributed by atoms with van der Waals surface area (Å²) in [4.78, 5) is 22.7. The van der Waals surface area contributed by atoms with Gasteiger partial charge in [-0.25, -0.2) is 8.42 Å². The van der Waals surface area contributed by atoms with Gasteiger partial charge in [0.15, 0.2) is 0 Å². The normalized spacial score (nSPS) is 17.5. The van der Waals surface area contributed by atoms with E-state index in [1.165, 1.54) is 23.5 Å². The Morgan fingerprint density at radius 2 is 1.97 bits per heavy atom. The molecule has 1 N–H and O–H groups in total. The van der Waals surface area contributed by atoms with Gasteiger partial charge in [0.25, 0.3) is 5.69 Å². The van der Waals surface area contributed by atoms with E-state index in [9.17, 15) is 23.3 Å². The monoisotopic (exact) mass is 419 g/mol. The molecular formula is C19H21N3O6S. The number of hydrogen-bond acceptors (Lipinski definition) is 6. The lowest BCUT2D eigenvalue weighted by Crippen LogP contribution is -2.43. The van der Waals surface area contributed by atoms with E-state index in [0.717, 1.165) is 6.07 Å². The molecule has 0 aromatic heterocycles. The van der Waals surface area contributed by atoms with Crippen LogP contribution in [-0.2, 0) is 14.8 Å². The first-order valence-corrected chi connectivity index (χ1v) is 10.5. The maximum absolute atomic E-state index is 13.2.